The van der Waals surface area contributed by atoms with E-state index in [0.717, 1.165) is 41.1 Å². The summed E-state index contributed by atoms with van der Waals surface area (Å²) in [5.41, 5.74) is 1.61. The smallest absolute Gasteiger partial charge is 0.279 e. The minimum Gasteiger partial charge on any atom is -0.494 e. The van der Waals surface area contributed by atoms with Crippen LogP contribution in [0.15, 0.2) is 47.5 Å². The lowest BCUT2D eigenvalue weighted by atomic mass is 10.2. The summed E-state index contributed by atoms with van der Waals surface area (Å²) in [4.78, 5) is 18.1. The number of nitrogens with zero attached hydrogens (tertiary/aromatic N) is 2. The second-order valence-electron chi connectivity index (χ2n) is 6.74. The average molecular weight is 445 g/mol. The number of hydrogen-bond acceptors (Lipinski definition) is 5. The zero-order valence-corrected chi connectivity index (χ0v) is 19.4. The molecule has 0 aliphatic rings. The van der Waals surface area contributed by atoms with Gasteiger partial charge in [0.25, 0.3) is 5.91 Å². The molecule has 160 valence electrons. The molecule has 0 spiro atoms. The Morgan fingerprint density at radius 2 is 1.97 bits per heavy atom. The summed E-state index contributed by atoms with van der Waals surface area (Å²) in [6.45, 7) is 6.16. The molecule has 0 unspecified atom stereocenters. The third-order valence-corrected chi connectivity index (χ3v) is 6.16. The Balaban J connectivity index is 1.95. The van der Waals surface area contributed by atoms with Gasteiger partial charge in [0, 0.05) is 17.9 Å². The Labute approximate surface area is 185 Å². The third-order valence-electron chi connectivity index (χ3n) is 4.53. The Morgan fingerprint density at radius 1 is 1.13 bits per heavy atom. The number of hydrogen-bond donors (Lipinski definition) is 0. The molecule has 0 saturated carbocycles. The Kier molecular flexibility index (Phi) is 8.39. The molecule has 7 heteroatoms. The summed E-state index contributed by atoms with van der Waals surface area (Å²) in [6.07, 6.45) is 4.14. The van der Waals surface area contributed by atoms with Gasteiger partial charge in [-0.25, -0.2) is 0 Å². The number of amides is 1. The molecule has 0 radical (unpaired) electrons. The molecule has 1 heterocycles. The van der Waals surface area contributed by atoms with Crippen LogP contribution in [0.4, 0.5) is 0 Å². The van der Waals surface area contributed by atoms with Crippen molar-refractivity contribution < 1.29 is 14.3 Å². The number of unbranched alkanes of at least 4 members (excludes halogenated alkanes) is 1. The van der Waals surface area contributed by atoms with Gasteiger partial charge in [-0.3, -0.25) is 4.79 Å². The van der Waals surface area contributed by atoms with E-state index < -0.39 is 0 Å². The largest absolute Gasteiger partial charge is 0.494 e. The summed E-state index contributed by atoms with van der Waals surface area (Å²) in [7, 11) is 0. The molecule has 0 saturated heterocycles. The van der Waals surface area contributed by atoms with Crippen LogP contribution in [0.1, 0.15) is 37.0 Å². The Morgan fingerprint density at radius 3 is 2.73 bits per heavy atom. The highest BCUT2D eigenvalue weighted by molar-refractivity contribution is 7.98. The summed E-state index contributed by atoms with van der Waals surface area (Å²) in [5.74, 6) is 2.22. The Bertz CT molecular complexity index is 1060. The van der Waals surface area contributed by atoms with Crippen molar-refractivity contribution >= 4 is 39.2 Å². The average Bonchev–Trinajstić information content (AvgIpc) is 3.09. The van der Waals surface area contributed by atoms with Crippen molar-refractivity contribution in [2.75, 3.05) is 25.2 Å². The van der Waals surface area contributed by atoms with E-state index in [1.54, 1.807) is 23.9 Å². The van der Waals surface area contributed by atoms with Crippen molar-refractivity contribution in [2.45, 2.75) is 33.2 Å². The van der Waals surface area contributed by atoms with Crippen molar-refractivity contribution in [3.05, 3.63) is 52.8 Å². The fourth-order valence-electron chi connectivity index (χ4n) is 3.00. The van der Waals surface area contributed by atoms with E-state index in [9.17, 15) is 4.79 Å². The first-order valence-electron chi connectivity index (χ1n) is 10.2. The molecular formula is C23H28N2O3S2. The van der Waals surface area contributed by atoms with Crippen molar-refractivity contribution in [2.24, 2.45) is 4.99 Å². The minimum absolute atomic E-state index is 0.259. The van der Waals surface area contributed by atoms with Crippen LogP contribution in [0.3, 0.4) is 0 Å². The molecule has 0 N–H and O–H groups in total. The zero-order valence-electron chi connectivity index (χ0n) is 17.7. The highest BCUT2D eigenvalue weighted by Gasteiger charge is 2.11. The first-order valence-corrected chi connectivity index (χ1v) is 12.4. The van der Waals surface area contributed by atoms with Gasteiger partial charge in [0.1, 0.15) is 11.5 Å². The molecule has 3 aromatic rings. The molecule has 2 aromatic carbocycles. The number of aromatic nitrogens is 1. The van der Waals surface area contributed by atoms with Gasteiger partial charge in [-0.05, 0) is 56.0 Å². The van der Waals surface area contributed by atoms with Gasteiger partial charge in [0.15, 0.2) is 4.80 Å². The van der Waals surface area contributed by atoms with E-state index in [1.807, 2.05) is 37.3 Å². The van der Waals surface area contributed by atoms with Gasteiger partial charge in [0.2, 0.25) is 0 Å². The second kappa shape index (κ2) is 11.2. The normalized spacial score (nSPS) is 11.8. The second-order valence-corrected chi connectivity index (χ2v) is 8.73. The molecule has 0 aliphatic carbocycles. The summed E-state index contributed by atoms with van der Waals surface area (Å²) < 4.78 is 14.5. The highest BCUT2D eigenvalue weighted by Crippen LogP contribution is 2.24. The molecule has 0 aliphatic heterocycles. The van der Waals surface area contributed by atoms with Gasteiger partial charge in [0.05, 0.1) is 23.4 Å². The van der Waals surface area contributed by atoms with Gasteiger partial charge >= 0.3 is 0 Å². The number of ether oxygens (including phenoxy) is 2. The fraction of sp³-hybridized carbons (Fsp3) is 0.391. The highest BCUT2D eigenvalue weighted by atomic mass is 32.2. The monoisotopic (exact) mass is 444 g/mol. The van der Waals surface area contributed by atoms with Crippen LogP contribution in [0, 0.1) is 0 Å². The molecule has 0 atom stereocenters. The van der Waals surface area contributed by atoms with E-state index in [2.05, 4.69) is 22.7 Å². The SMILES string of the molecule is CCCCOc1cccc(C(=O)N=c2sc3cc(OCC)ccc3n2CCSC)c1. The van der Waals surface area contributed by atoms with E-state index in [0.29, 0.717) is 29.3 Å². The van der Waals surface area contributed by atoms with Crippen LogP contribution in [0.5, 0.6) is 11.5 Å². The molecule has 30 heavy (non-hydrogen) atoms. The van der Waals surface area contributed by atoms with E-state index in [4.69, 9.17) is 9.47 Å². The number of aryl methyl sites for hydroxylation is 1. The molecule has 1 aromatic heterocycles. The number of benzene rings is 2. The summed E-state index contributed by atoms with van der Waals surface area (Å²) >= 11 is 3.28. The Hall–Kier alpha value is -2.25. The zero-order chi connectivity index (χ0) is 21.3. The molecule has 5 nitrogen and oxygen atoms in total. The van der Waals surface area contributed by atoms with Gasteiger partial charge in [-0.1, -0.05) is 30.7 Å². The molecular weight excluding hydrogens is 416 g/mol. The predicted molar refractivity (Wildman–Crippen MR) is 126 cm³/mol. The van der Waals surface area contributed by atoms with Crippen molar-refractivity contribution in [1.82, 2.24) is 4.57 Å². The van der Waals surface area contributed by atoms with Crippen LogP contribution >= 0.6 is 23.1 Å². The maximum atomic E-state index is 12.9. The van der Waals surface area contributed by atoms with Crippen LogP contribution in [0.2, 0.25) is 0 Å². The van der Waals surface area contributed by atoms with E-state index in [1.165, 1.54) is 11.3 Å². The van der Waals surface area contributed by atoms with Crippen LogP contribution < -0.4 is 14.3 Å². The van der Waals surface area contributed by atoms with Crippen molar-refractivity contribution in [3.63, 3.8) is 0 Å². The standard InChI is InChI=1S/C23H28N2O3S2/c1-4-6-13-28-18-9-7-8-17(15-18)22(26)24-23-25(12-14-29-3)20-11-10-19(27-5-2)16-21(20)30-23/h7-11,15-16H,4-6,12-14H2,1-3H3. The minimum atomic E-state index is -0.259. The van der Waals surface area contributed by atoms with Gasteiger partial charge in [-0.15, -0.1) is 0 Å². The van der Waals surface area contributed by atoms with Gasteiger partial charge in [-0.2, -0.15) is 16.8 Å². The number of thiazole rings is 1. The fourth-order valence-corrected chi connectivity index (χ4v) is 4.45. The van der Waals surface area contributed by atoms with Crippen molar-refractivity contribution in [3.8, 4) is 11.5 Å². The van der Waals surface area contributed by atoms with Gasteiger partial charge < -0.3 is 14.0 Å². The lowest BCUT2D eigenvalue weighted by Crippen LogP contribution is -2.18. The molecule has 1 amide bonds. The molecule has 0 bridgehead atoms. The summed E-state index contributed by atoms with van der Waals surface area (Å²) in [6, 6.07) is 13.3. The predicted octanol–water partition coefficient (Wildman–Crippen LogP) is 5.38. The first-order chi connectivity index (χ1) is 14.7. The quantitative estimate of drug-likeness (QED) is 0.394. The topological polar surface area (TPSA) is 52.8 Å². The third kappa shape index (κ3) is 5.67. The van der Waals surface area contributed by atoms with E-state index >= 15 is 0 Å². The number of fused-ring (bicyclic) bond motifs is 1. The summed E-state index contributed by atoms with van der Waals surface area (Å²) in [5, 5.41) is 0. The maximum Gasteiger partial charge on any atom is 0.279 e. The number of rotatable bonds is 10. The maximum absolute atomic E-state index is 12.9. The molecule has 0 fully saturated rings. The first kappa shape index (κ1) is 22.4. The lowest BCUT2D eigenvalue weighted by molar-refractivity contribution is 0.0997. The lowest BCUT2D eigenvalue weighted by Gasteiger charge is -2.06. The molecule has 3 rings (SSSR count). The number of carbonyl (C=O) groups is 1. The number of carbonyl (C=O) groups excluding carboxylic acids is 1. The van der Waals surface area contributed by atoms with E-state index in [-0.39, 0.29) is 5.91 Å². The van der Waals surface area contributed by atoms with Crippen LogP contribution in [0.25, 0.3) is 10.2 Å². The van der Waals surface area contributed by atoms with Crippen LogP contribution in [-0.4, -0.2) is 35.7 Å². The van der Waals surface area contributed by atoms with Crippen molar-refractivity contribution in [1.29, 1.82) is 0 Å². The number of thioether (sulfide) groups is 1. The van der Waals surface area contributed by atoms with Crippen LogP contribution in [-0.2, 0) is 6.54 Å².